The molecule has 0 saturated heterocycles. The standard InChI is InChI=1S/C24H24N2O4/c1-28-20-13-17(14-21(29-2)22(20)30-3)25-23-18-11-7-8-12-19(18)24(27)26(23)15-16-9-5-4-6-10-16/h4-14,23,25H,15H2,1-3H3/t23-/m0/s1. The van der Waals surface area contributed by atoms with E-state index in [1.54, 1.807) is 21.3 Å². The highest BCUT2D eigenvalue weighted by Crippen LogP contribution is 2.42. The van der Waals surface area contributed by atoms with Crippen molar-refractivity contribution in [3.63, 3.8) is 0 Å². The van der Waals surface area contributed by atoms with Gasteiger partial charge in [0.25, 0.3) is 5.91 Å². The maximum absolute atomic E-state index is 13.2. The van der Waals surface area contributed by atoms with Crippen LogP contribution in [0.4, 0.5) is 5.69 Å². The van der Waals surface area contributed by atoms with Gasteiger partial charge in [0.2, 0.25) is 5.75 Å². The highest BCUT2D eigenvalue weighted by molar-refractivity contribution is 5.99. The highest BCUT2D eigenvalue weighted by atomic mass is 16.5. The van der Waals surface area contributed by atoms with E-state index >= 15 is 0 Å². The molecule has 0 saturated carbocycles. The molecule has 1 heterocycles. The van der Waals surface area contributed by atoms with Crippen molar-refractivity contribution in [1.29, 1.82) is 0 Å². The minimum absolute atomic E-state index is 0.000560. The number of hydrogen-bond acceptors (Lipinski definition) is 5. The maximum atomic E-state index is 13.2. The molecule has 0 aliphatic carbocycles. The molecule has 3 aromatic carbocycles. The first-order valence-electron chi connectivity index (χ1n) is 9.66. The molecule has 154 valence electrons. The molecular weight excluding hydrogens is 380 g/mol. The first-order valence-corrected chi connectivity index (χ1v) is 9.66. The summed E-state index contributed by atoms with van der Waals surface area (Å²) in [4.78, 5) is 15.0. The minimum atomic E-state index is -0.322. The second-order valence-electron chi connectivity index (χ2n) is 6.97. The summed E-state index contributed by atoms with van der Waals surface area (Å²) < 4.78 is 16.4. The van der Waals surface area contributed by atoms with Crippen molar-refractivity contribution in [2.75, 3.05) is 26.6 Å². The molecule has 1 atom stereocenters. The lowest BCUT2D eigenvalue weighted by molar-refractivity contribution is 0.0729. The van der Waals surface area contributed by atoms with Crippen LogP contribution < -0.4 is 19.5 Å². The Morgan fingerprint density at radius 3 is 2.13 bits per heavy atom. The molecule has 0 unspecified atom stereocenters. The summed E-state index contributed by atoms with van der Waals surface area (Å²) in [5.41, 5.74) is 3.47. The number of anilines is 1. The van der Waals surface area contributed by atoms with E-state index in [-0.39, 0.29) is 12.1 Å². The normalized spacial score (nSPS) is 15.0. The molecule has 1 aliphatic rings. The Kier molecular flexibility index (Phi) is 5.48. The van der Waals surface area contributed by atoms with E-state index < -0.39 is 0 Å². The number of hydrogen-bond donors (Lipinski definition) is 1. The number of nitrogens with one attached hydrogen (secondary N) is 1. The van der Waals surface area contributed by atoms with Gasteiger partial charge in [-0.25, -0.2) is 0 Å². The molecule has 6 nitrogen and oxygen atoms in total. The molecule has 0 radical (unpaired) electrons. The number of carbonyl (C=O) groups excluding carboxylic acids is 1. The number of amides is 1. The van der Waals surface area contributed by atoms with E-state index in [4.69, 9.17) is 14.2 Å². The van der Waals surface area contributed by atoms with Crippen molar-refractivity contribution in [3.8, 4) is 17.2 Å². The van der Waals surface area contributed by atoms with Crippen molar-refractivity contribution < 1.29 is 19.0 Å². The molecule has 6 heteroatoms. The zero-order valence-corrected chi connectivity index (χ0v) is 17.2. The Bertz CT molecular complexity index is 1030. The van der Waals surface area contributed by atoms with Gasteiger partial charge in [-0.2, -0.15) is 0 Å². The van der Waals surface area contributed by atoms with Gasteiger partial charge in [0.05, 0.1) is 21.3 Å². The average molecular weight is 404 g/mol. The van der Waals surface area contributed by atoms with Crippen molar-refractivity contribution in [1.82, 2.24) is 4.90 Å². The Hall–Kier alpha value is -3.67. The van der Waals surface area contributed by atoms with Gasteiger partial charge in [0.1, 0.15) is 6.17 Å². The predicted molar refractivity (Wildman–Crippen MR) is 115 cm³/mol. The third kappa shape index (κ3) is 3.52. The third-order valence-electron chi connectivity index (χ3n) is 5.22. The molecule has 1 amide bonds. The van der Waals surface area contributed by atoms with Gasteiger partial charge < -0.3 is 24.4 Å². The fourth-order valence-electron chi connectivity index (χ4n) is 3.79. The lowest BCUT2D eigenvalue weighted by Gasteiger charge is -2.28. The lowest BCUT2D eigenvalue weighted by atomic mass is 10.1. The van der Waals surface area contributed by atoms with E-state index in [2.05, 4.69) is 5.32 Å². The van der Waals surface area contributed by atoms with E-state index in [0.717, 1.165) is 16.8 Å². The number of ether oxygens (including phenoxy) is 3. The Balaban J connectivity index is 1.72. The highest BCUT2D eigenvalue weighted by Gasteiger charge is 2.36. The van der Waals surface area contributed by atoms with Crippen LogP contribution in [0, 0.1) is 0 Å². The SMILES string of the molecule is COc1cc(N[C@@H]2c3ccccc3C(=O)N2Cc2ccccc2)cc(OC)c1OC. The summed E-state index contributed by atoms with van der Waals surface area (Å²) in [5.74, 6) is 1.62. The van der Waals surface area contributed by atoms with Gasteiger partial charge in [-0.05, 0) is 11.6 Å². The molecule has 4 rings (SSSR count). The molecule has 0 aromatic heterocycles. The van der Waals surface area contributed by atoms with E-state index in [0.29, 0.717) is 29.4 Å². The predicted octanol–water partition coefficient (Wildman–Crippen LogP) is 4.48. The minimum Gasteiger partial charge on any atom is -0.493 e. The summed E-state index contributed by atoms with van der Waals surface area (Å²) in [7, 11) is 4.73. The molecule has 0 spiro atoms. The van der Waals surface area contributed by atoms with Gasteiger partial charge in [-0.3, -0.25) is 4.79 Å². The first-order chi connectivity index (χ1) is 14.7. The van der Waals surface area contributed by atoms with Gasteiger partial charge in [0, 0.05) is 35.5 Å². The van der Waals surface area contributed by atoms with Crippen molar-refractivity contribution in [2.45, 2.75) is 12.7 Å². The van der Waals surface area contributed by atoms with E-state index in [9.17, 15) is 4.79 Å². The molecule has 0 bridgehead atoms. The van der Waals surface area contributed by atoms with Crippen LogP contribution in [0.25, 0.3) is 0 Å². The van der Waals surface area contributed by atoms with Gasteiger partial charge in [-0.15, -0.1) is 0 Å². The summed E-state index contributed by atoms with van der Waals surface area (Å²) in [5, 5.41) is 3.49. The van der Waals surface area contributed by atoms with Gasteiger partial charge in [-0.1, -0.05) is 48.5 Å². The van der Waals surface area contributed by atoms with Crippen molar-refractivity contribution >= 4 is 11.6 Å². The van der Waals surface area contributed by atoms with Crippen LogP contribution in [-0.2, 0) is 6.54 Å². The van der Waals surface area contributed by atoms with Crippen LogP contribution >= 0.6 is 0 Å². The molecule has 1 N–H and O–H groups in total. The number of carbonyl (C=O) groups is 1. The number of benzene rings is 3. The Labute approximate surface area is 176 Å². The number of rotatable bonds is 7. The second kappa shape index (κ2) is 8.37. The molecule has 0 fully saturated rings. The molecule has 30 heavy (non-hydrogen) atoms. The van der Waals surface area contributed by atoms with Crippen LogP contribution in [0.1, 0.15) is 27.7 Å². The summed E-state index contributed by atoms with van der Waals surface area (Å²) in [6.45, 7) is 0.496. The third-order valence-corrected chi connectivity index (χ3v) is 5.22. The largest absolute Gasteiger partial charge is 0.493 e. The maximum Gasteiger partial charge on any atom is 0.256 e. The smallest absolute Gasteiger partial charge is 0.256 e. The monoisotopic (exact) mass is 404 g/mol. The summed E-state index contributed by atoms with van der Waals surface area (Å²) >= 11 is 0. The van der Waals surface area contributed by atoms with E-state index in [1.807, 2.05) is 71.6 Å². The quantitative estimate of drug-likeness (QED) is 0.629. The Morgan fingerprint density at radius 2 is 1.50 bits per heavy atom. The number of methoxy groups -OCH3 is 3. The van der Waals surface area contributed by atoms with Gasteiger partial charge >= 0.3 is 0 Å². The molecule has 3 aromatic rings. The fourth-order valence-corrected chi connectivity index (χ4v) is 3.79. The van der Waals surface area contributed by atoms with Crippen LogP contribution in [0.15, 0.2) is 66.7 Å². The first kappa shape index (κ1) is 19.6. The Morgan fingerprint density at radius 1 is 0.867 bits per heavy atom. The van der Waals surface area contributed by atoms with Gasteiger partial charge in [0.15, 0.2) is 11.5 Å². The van der Waals surface area contributed by atoms with Crippen molar-refractivity contribution in [3.05, 3.63) is 83.4 Å². The van der Waals surface area contributed by atoms with E-state index in [1.165, 1.54) is 0 Å². The zero-order valence-electron chi connectivity index (χ0n) is 17.2. The zero-order chi connectivity index (χ0) is 21.1. The molecular formula is C24H24N2O4. The average Bonchev–Trinajstić information content (AvgIpc) is 3.05. The summed E-state index contributed by atoms with van der Waals surface area (Å²) in [6, 6.07) is 21.3. The number of nitrogens with zero attached hydrogens (tertiary/aromatic N) is 1. The van der Waals surface area contributed by atoms with Crippen molar-refractivity contribution in [2.24, 2.45) is 0 Å². The number of fused-ring (bicyclic) bond motifs is 1. The second-order valence-corrected chi connectivity index (χ2v) is 6.97. The summed E-state index contributed by atoms with van der Waals surface area (Å²) in [6.07, 6.45) is -0.322. The fraction of sp³-hybridized carbons (Fsp3) is 0.208. The van der Waals surface area contributed by atoms with Crippen LogP contribution in [-0.4, -0.2) is 32.1 Å². The van der Waals surface area contributed by atoms with Crippen LogP contribution in [0.2, 0.25) is 0 Å². The van der Waals surface area contributed by atoms with Crippen LogP contribution in [0.5, 0.6) is 17.2 Å². The molecule has 1 aliphatic heterocycles. The lowest BCUT2D eigenvalue weighted by Crippen LogP contribution is -2.31. The topological polar surface area (TPSA) is 60.0 Å². The van der Waals surface area contributed by atoms with Crippen LogP contribution in [0.3, 0.4) is 0 Å².